The lowest BCUT2D eigenvalue weighted by molar-refractivity contribution is -0.146. The zero-order valence-corrected chi connectivity index (χ0v) is 12.8. The summed E-state index contributed by atoms with van der Waals surface area (Å²) in [4.78, 5) is 23.4. The van der Waals surface area contributed by atoms with E-state index in [0.29, 0.717) is 23.6 Å². The van der Waals surface area contributed by atoms with E-state index in [2.05, 4.69) is 21.2 Å². The molecule has 0 bridgehead atoms. The summed E-state index contributed by atoms with van der Waals surface area (Å²) >= 11 is 9.23. The number of hydrogen-bond acceptors (Lipinski definition) is 2. The minimum atomic E-state index is -0.941. The highest BCUT2D eigenvalue weighted by Gasteiger charge is 2.33. The Morgan fingerprint density at radius 3 is 2.50 bits per heavy atom. The van der Waals surface area contributed by atoms with Crippen molar-refractivity contribution in [3.05, 3.63) is 39.8 Å². The van der Waals surface area contributed by atoms with Gasteiger partial charge in [0.25, 0.3) is 0 Å². The first-order valence-electron chi connectivity index (χ1n) is 6.12. The van der Waals surface area contributed by atoms with Crippen LogP contribution >= 0.6 is 27.5 Å². The number of benzene rings is 1. The molecule has 6 heteroatoms. The van der Waals surface area contributed by atoms with E-state index in [-0.39, 0.29) is 5.91 Å². The molecular weight excluding hydrogens is 346 g/mol. The van der Waals surface area contributed by atoms with Crippen LogP contribution in [0.1, 0.15) is 12.8 Å². The van der Waals surface area contributed by atoms with Crippen LogP contribution in [0.5, 0.6) is 0 Å². The normalized spacial score (nSPS) is 21.5. The van der Waals surface area contributed by atoms with E-state index in [4.69, 9.17) is 16.7 Å². The first-order valence-corrected chi connectivity index (χ1v) is 7.30. The van der Waals surface area contributed by atoms with Crippen molar-refractivity contribution >= 4 is 45.1 Å². The zero-order chi connectivity index (χ0) is 14.7. The van der Waals surface area contributed by atoms with Crippen molar-refractivity contribution in [2.45, 2.75) is 12.8 Å². The maximum Gasteiger partial charge on any atom is 0.307 e. The number of rotatable bonds is 3. The van der Waals surface area contributed by atoms with Crippen LogP contribution in [0.2, 0.25) is 5.02 Å². The van der Waals surface area contributed by atoms with E-state index in [1.54, 1.807) is 24.3 Å². The Morgan fingerprint density at radius 1 is 1.25 bits per heavy atom. The molecule has 0 spiro atoms. The highest BCUT2D eigenvalue weighted by atomic mass is 79.9. The van der Waals surface area contributed by atoms with Gasteiger partial charge in [0.15, 0.2) is 0 Å². The van der Waals surface area contributed by atoms with Crippen molar-refractivity contribution in [1.29, 1.82) is 0 Å². The van der Waals surface area contributed by atoms with Gasteiger partial charge in [-0.25, -0.2) is 0 Å². The predicted octanol–water partition coefficient (Wildman–Crippen LogP) is 3.71. The Bertz CT molecular complexity index is 574. The van der Waals surface area contributed by atoms with Gasteiger partial charge < -0.3 is 10.4 Å². The molecule has 0 saturated heterocycles. The van der Waals surface area contributed by atoms with Crippen LogP contribution in [-0.4, -0.2) is 17.0 Å². The van der Waals surface area contributed by atoms with E-state index >= 15 is 0 Å². The molecule has 0 radical (unpaired) electrons. The van der Waals surface area contributed by atoms with Crippen LogP contribution < -0.4 is 5.32 Å². The monoisotopic (exact) mass is 357 g/mol. The summed E-state index contributed by atoms with van der Waals surface area (Å²) in [5.74, 6) is -2.46. The van der Waals surface area contributed by atoms with Crippen molar-refractivity contribution < 1.29 is 14.7 Å². The molecule has 4 nitrogen and oxygen atoms in total. The van der Waals surface area contributed by atoms with Crippen LogP contribution in [0.25, 0.3) is 0 Å². The van der Waals surface area contributed by atoms with Crippen molar-refractivity contribution in [1.82, 2.24) is 0 Å². The summed E-state index contributed by atoms with van der Waals surface area (Å²) in [6, 6.07) is 5.06. The smallest absolute Gasteiger partial charge is 0.307 e. The molecule has 1 aliphatic rings. The number of hydrogen-bond donors (Lipinski definition) is 2. The van der Waals surface area contributed by atoms with Crippen LogP contribution in [-0.2, 0) is 9.59 Å². The summed E-state index contributed by atoms with van der Waals surface area (Å²) < 4.78 is 0.737. The number of nitrogens with one attached hydrogen (secondary N) is 1. The maximum absolute atomic E-state index is 12.2. The summed E-state index contributed by atoms with van der Waals surface area (Å²) in [6.45, 7) is 0. The molecule has 2 N–H and O–H groups in total. The molecule has 0 aliphatic heterocycles. The van der Waals surface area contributed by atoms with Gasteiger partial charge in [0.1, 0.15) is 0 Å². The molecule has 1 aromatic rings. The number of anilines is 1. The molecular formula is C14H13BrClNO3. The number of amides is 1. The minimum Gasteiger partial charge on any atom is -0.481 e. The fraction of sp³-hybridized carbons (Fsp3) is 0.286. The van der Waals surface area contributed by atoms with Gasteiger partial charge in [0, 0.05) is 10.2 Å². The molecule has 1 aliphatic carbocycles. The van der Waals surface area contributed by atoms with Crippen LogP contribution in [0.4, 0.5) is 5.69 Å². The molecule has 20 heavy (non-hydrogen) atoms. The first-order chi connectivity index (χ1) is 9.49. The molecule has 106 valence electrons. The number of carboxylic acids is 1. The van der Waals surface area contributed by atoms with Gasteiger partial charge in [0.2, 0.25) is 5.91 Å². The topological polar surface area (TPSA) is 66.4 Å². The van der Waals surface area contributed by atoms with E-state index in [9.17, 15) is 9.59 Å². The largest absolute Gasteiger partial charge is 0.481 e. The van der Waals surface area contributed by atoms with Gasteiger partial charge in [-0.15, -0.1) is 0 Å². The quantitative estimate of drug-likeness (QED) is 0.810. The van der Waals surface area contributed by atoms with Gasteiger partial charge >= 0.3 is 5.97 Å². The number of carboxylic acid groups (broad SMARTS) is 1. The summed E-state index contributed by atoms with van der Waals surface area (Å²) in [7, 11) is 0. The van der Waals surface area contributed by atoms with E-state index in [1.807, 2.05) is 6.08 Å². The van der Waals surface area contributed by atoms with Gasteiger partial charge in [-0.05, 0) is 47.0 Å². The van der Waals surface area contributed by atoms with Crippen molar-refractivity contribution in [2.24, 2.45) is 11.8 Å². The van der Waals surface area contributed by atoms with E-state index < -0.39 is 17.8 Å². The lowest BCUT2D eigenvalue weighted by atomic mass is 9.82. The second-order valence-electron chi connectivity index (χ2n) is 4.61. The lowest BCUT2D eigenvalue weighted by Crippen LogP contribution is -2.34. The number of carbonyl (C=O) groups excluding carboxylic acids is 1. The molecule has 0 aromatic heterocycles. The molecule has 1 amide bonds. The standard InChI is InChI=1S/C14H13BrClNO3/c15-11-6-5-8(7-12(11)16)17-13(18)9-3-1-2-4-10(9)14(19)20/h1-2,5-7,9-10H,3-4H2,(H,17,18)(H,19,20)/t9-,10+/m1/s1. The second kappa shape index (κ2) is 6.41. The average Bonchev–Trinajstić information content (AvgIpc) is 2.43. The Labute approximate surface area is 129 Å². The van der Waals surface area contributed by atoms with Gasteiger partial charge in [-0.3, -0.25) is 9.59 Å². The summed E-state index contributed by atoms with van der Waals surface area (Å²) in [6.07, 6.45) is 4.47. The van der Waals surface area contributed by atoms with Gasteiger partial charge in [-0.2, -0.15) is 0 Å². The fourth-order valence-corrected chi connectivity index (χ4v) is 2.61. The molecule has 2 atom stereocenters. The second-order valence-corrected chi connectivity index (χ2v) is 5.87. The SMILES string of the molecule is O=C(O)[C@H]1CC=CC[C@H]1C(=O)Nc1ccc(Br)c(Cl)c1. The van der Waals surface area contributed by atoms with Gasteiger partial charge in [-0.1, -0.05) is 23.8 Å². The Morgan fingerprint density at radius 2 is 1.90 bits per heavy atom. The molecule has 1 aromatic carbocycles. The van der Waals surface area contributed by atoms with Crippen LogP contribution in [0.15, 0.2) is 34.8 Å². The third kappa shape index (κ3) is 3.41. The lowest BCUT2D eigenvalue weighted by Gasteiger charge is -2.24. The molecule has 0 saturated carbocycles. The van der Waals surface area contributed by atoms with Crippen molar-refractivity contribution in [2.75, 3.05) is 5.32 Å². The molecule has 0 heterocycles. The molecule has 0 fully saturated rings. The third-order valence-electron chi connectivity index (χ3n) is 3.27. The average molecular weight is 359 g/mol. The highest BCUT2D eigenvalue weighted by molar-refractivity contribution is 9.10. The Balaban J connectivity index is 2.12. The number of aliphatic carboxylic acids is 1. The van der Waals surface area contributed by atoms with E-state index in [1.165, 1.54) is 0 Å². The third-order valence-corrected chi connectivity index (χ3v) is 4.51. The number of halogens is 2. The van der Waals surface area contributed by atoms with Gasteiger partial charge in [0.05, 0.1) is 16.9 Å². The van der Waals surface area contributed by atoms with Crippen LogP contribution in [0, 0.1) is 11.8 Å². The van der Waals surface area contributed by atoms with Crippen molar-refractivity contribution in [3.63, 3.8) is 0 Å². The Kier molecular flexibility index (Phi) is 4.83. The minimum absolute atomic E-state index is 0.292. The fourth-order valence-electron chi connectivity index (χ4n) is 2.19. The predicted molar refractivity (Wildman–Crippen MR) is 80.8 cm³/mol. The van der Waals surface area contributed by atoms with Crippen molar-refractivity contribution in [3.8, 4) is 0 Å². The maximum atomic E-state index is 12.2. The van der Waals surface area contributed by atoms with Crippen LogP contribution in [0.3, 0.4) is 0 Å². The first kappa shape index (κ1) is 15.1. The zero-order valence-electron chi connectivity index (χ0n) is 10.5. The Hall–Kier alpha value is -1.33. The highest BCUT2D eigenvalue weighted by Crippen LogP contribution is 2.29. The summed E-state index contributed by atoms with van der Waals surface area (Å²) in [5, 5.41) is 12.4. The number of allylic oxidation sites excluding steroid dienone is 2. The molecule has 0 unspecified atom stereocenters. The summed E-state index contributed by atoms with van der Waals surface area (Å²) in [5.41, 5.74) is 0.557. The molecule has 2 rings (SSSR count). The number of carbonyl (C=O) groups is 2. The van der Waals surface area contributed by atoms with E-state index in [0.717, 1.165) is 4.47 Å².